The molecule has 0 saturated carbocycles. The van der Waals surface area contributed by atoms with Gasteiger partial charge in [-0.3, -0.25) is 10.2 Å². The highest BCUT2D eigenvalue weighted by molar-refractivity contribution is 5.39. The molecule has 1 aliphatic heterocycles. The van der Waals surface area contributed by atoms with Gasteiger partial charge >= 0.3 is 0 Å². The first-order chi connectivity index (χ1) is 9.25. The fourth-order valence-corrected chi connectivity index (χ4v) is 2.16. The van der Waals surface area contributed by atoms with Gasteiger partial charge in [-0.15, -0.1) is 0 Å². The lowest BCUT2D eigenvalue weighted by atomic mass is 10.2. The van der Waals surface area contributed by atoms with Crippen LogP contribution in [-0.2, 0) is 4.74 Å². The maximum Gasteiger partial charge on any atom is 0.131 e. The maximum absolute atomic E-state index is 9.96. The summed E-state index contributed by atoms with van der Waals surface area (Å²) < 4.78 is 5.30. The number of benzene rings is 1. The van der Waals surface area contributed by atoms with E-state index in [4.69, 9.17) is 10.5 Å². The minimum Gasteiger partial charge on any atom is -0.399 e. The molecule has 4 N–H and O–H groups in total. The number of anilines is 1. The van der Waals surface area contributed by atoms with Crippen LogP contribution < -0.4 is 11.1 Å². The van der Waals surface area contributed by atoms with Crippen molar-refractivity contribution in [1.82, 2.24) is 10.2 Å². The zero-order chi connectivity index (χ0) is 13.5. The molecule has 0 aliphatic carbocycles. The first-order valence-corrected chi connectivity index (χ1v) is 6.83. The van der Waals surface area contributed by atoms with Crippen molar-refractivity contribution < 1.29 is 9.84 Å². The summed E-state index contributed by atoms with van der Waals surface area (Å²) in [6.07, 6.45) is 0.400. The summed E-state index contributed by atoms with van der Waals surface area (Å²) in [6.45, 7) is 5.54. The molecule has 1 saturated heterocycles. The molecule has 1 aliphatic rings. The van der Waals surface area contributed by atoms with Crippen LogP contribution in [0.1, 0.15) is 18.2 Å². The van der Waals surface area contributed by atoms with Crippen LogP contribution in [0.15, 0.2) is 24.3 Å². The lowest BCUT2D eigenvalue weighted by Crippen LogP contribution is -2.38. The Morgan fingerprint density at radius 1 is 1.26 bits per heavy atom. The van der Waals surface area contributed by atoms with Crippen LogP contribution >= 0.6 is 0 Å². The highest BCUT2D eigenvalue weighted by Crippen LogP contribution is 2.12. The number of hydrogen-bond donors (Lipinski definition) is 3. The number of morpholine rings is 1. The van der Waals surface area contributed by atoms with Gasteiger partial charge in [0.25, 0.3) is 0 Å². The van der Waals surface area contributed by atoms with Gasteiger partial charge in [0, 0.05) is 18.8 Å². The quantitative estimate of drug-likeness (QED) is 0.398. The van der Waals surface area contributed by atoms with Gasteiger partial charge < -0.3 is 15.6 Å². The van der Waals surface area contributed by atoms with Crippen molar-refractivity contribution in [2.45, 2.75) is 12.6 Å². The fourth-order valence-electron chi connectivity index (χ4n) is 2.16. The minimum absolute atomic E-state index is 0.620. The van der Waals surface area contributed by atoms with Gasteiger partial charge in [0.15, 0.2) is 0 Å². The number of hydrogen-bond acceptors (Lipinski definition) is 5. The molecule has 1 heterocycles. The molecular weight excluding hydrogens is 242 g/mol. The number of nitrogen functional groups attached to an aromatic ring is 1. The molecule has 0 amide bonds. The highest BCUT2D eigenvalue weighted by atomic mass is 16.5. The lowest BCUT2D eigenvalue weighted by Gasteiger charge is -2.26. The molecule has 1 fully saturated rings. The van der Waals surface area contributed by atoms with Crippen molar-refractivity contribution in [2.24, 2.45) is 0 Å². The van der Waals surface area contributed by atoms with E-state index in [1.807, 2.05) is 12.1 Å². The predicted molar refractivity (Wildman–Crippen MR) is 75.7 cm³/mol. The molecule has 1 atom stereocenters. The molecule has 1 unspecified atom stereocenters. The molecule has 5 nitrogen and oxygen atoms in total. The Morgan fingerprint density at radius 3 is 2.63 bits per heavy atom. The highest BCUT2D eigenvalue weighted by Gasteiger charge is 2.10. The smallest absolute Gasteiger partial charge is 0.131 e. The number of nitrogens with one attached hydrogen (secondary N) is 1. The standard InChI is InChI=1S/C14H23N3O2/c15-13-4-2-12(3-5-13)14(18)16-6-1-7-17-8-10-19-11-9-17/h2-5,14,16,18H,1,6-11,15H2. The van der Waals surface area contributed by atoms with Gasteiger partial charge in [-0.05, 0) is 37.2 Å². The number of nitrogens with zero attached hydrogens (tertiary/aromatic N) is 1. The van der Waals surface area contributed by atoms with Crippen molar-refractivity contribution in [1.29, 1.82) is 0 Å². The number of ether oxygens (including phenoxy) is 1. The van der Waals surface area contributed by atoms with Crippen LogP contribution in [0.3, 0.4) is 0 Å². The van der Waals surface area contributed by atoms with Crippen molar-refractivity contribution in [3.05, 3.63) is 29.8 Å². The van der Waals surface area contributed by atoms with Crippen molar-refractivity contribution in [2.75, 3.05) is 45.1 Å². The van der Waals surface area contributed by atoms with Gasteiger partial charge in [0.2, 0.25) is 0 Å². The predicted octanol–water partition coefficient (Wildman–Crippen LogP) is 0.572. The third-order valence-electron chi connectivity index (χ3n) is 3.34. The van der Waals surface area contributed by atoms with E-state index in [0.717, 1.165) is 51.4 Å². The topological polar surface area (TPSA) is 70.8 Å². The van der Waals surface area contributed by atoms with Crippen molar-refractivity contribution in [3.8, 4) is 0 Å². The zero-order valence-corrected chi connectivity index (χ0v) is 11.2. The Morgan fingerprint density at radius 2 is 1.95 bits per heavy atom. The average Bonchev–Trinajstić information content (AvgIpc) is 2.45. The van der Waals surface area contributed by atoms with E-state index in [-0.39, 0.29) is 0 Å². The SMILES string of the molecule is Nc1ccc(C(O)NCCCN2CCOCC2)cc1. The van der Waals surface area contributed by atoms with Gasteiger partial charge in [-0.25, -0.2) is 0 Å². The van der Waals surface area contributed by atoms with E-state index >= 15 is 0 Å². The Bertz CT molecular complexity index is 363. The third-order valence-corrected chi connectivity index (χ3v) is 3.34. The first kappa shape index (κ1) is 14.3. The fraction of sp³-hybridized carbons (Fsp3) is 0.571. The second-order valence-electron chi connectivity index (χ2n) is 4.83. The lowest BCUT2D eigenvalue weighted by molar-refractivity contribution is 0.0367. The van der Waals surface area contributed by atoms with Gasteiger partial charge in [0.05, 0.1) is 13.2 Å². The van der Waals surface area contributed by atoms with Crippen molar-refractivity contribution in [3.63, 3.8) is 0 Å². The summed E-state index contributed by atoms with van der Waals surface area (Å²) in [5.74, 6) is 0. The number of rotatable bonds is 6. The van der Waals surface area contributed by atoms with E-state index in [2.05, 4.69) is 10.2 Å². The van der Waals surface area contributed by atoms with Gasteiger partial charge in [0.1, 0.15) is 6.23 Å². The molecule has 19 heavy (non-hydrogen) atoms. The summed E-state index contributed by atoms with van der Waals surface area (Å²) in [7, 11) is 0. The molecule has 1 aromatic rings. The Kier molecular flexibility index (Phi) is 5.60. The van der Waals surface area contributed by atoms with Crippen LogP contribution in [0.5, 0.6) is 0 Å². The van der Waals surface area contributed by atoms with Crippen LogP contribution in [0.25, 0.3) is 0 Å². The molecule has 1 aromatic carbocycles. The van der Waals surface area contributed by atoms with Gasteiger partial charge in [-0.2, -0.15) is 0 Å². The summed E-state index contributed by atoms with van der Waals surface area (Å²) in [4.78, 5) is 2.39. The first-order valence-electron chi connectivity index (χ1n) is 6.83. The van der Waals surface area contributed by atoms with Crippen LogP contribution in [0.4, 0.5) is 5.69 Å². The molecule has 0 aromatic heterocycles. The number of aliphatic hydroxyl groups excluding tert-OH is 1. The molecular formula is C14H23N3O2. The average molecular weight is 265 g/mol. The molecule has 0 radical (unpaired) electrons. The molecule has 5 heteroatoms. The normalized spacial score (nSPS) is 18.4. The van der Waals surface area contributed by atoms with Crippen LogP contribution in [-0.4, -0.2) is 49.4 Å². The monoisotopic (exact) mass is 265 g/mol. The summed E-state index contributed by atoms with van der Waals surface area (Å²) in [5.41, 5.74) is 7.17. The molecule has 0 bridgehead atoms. The van der Waals surface area contributed by atoms with E-state index in [0.29, 0.717) is 5.69 Å². The minimum atomic E-state index is -0.620. The van der Waals surface area contributed by atoms with E-state index in [1.54, 1.807) is 12.1 Å². The zero-order valence-electron chi connectivity index (χ0n) is 11.2. The molecule has 106 valence electrons. The third kappa shape index (κ3) is 4.80. The van der Waals surface area contributed by atoms with Crippen LogP contribution in [0.2, 0.25) is 0 Å². The summed E-state index contributed by atoms with van der Waals surface area (Å²) >= 11 is 0. The van der Waals surface area contributed by atoms with Crippen LogP contribution in [0, 0.1) is 0 Å². The Labute approximate surface area is 114 Å². The Hall–Kier alpha value is -1.14. The van der Waals surface area contributed by atoms with E-state index in [1.165, 1.54) is 0 Å². The molecule has 0 spiro atoms. The van der Waals surface area contributed by atoms with Crippen molar-refractivity contribution >= 4 is 5.69 Å². The summed E-state index contributed by atoms with van der Waals surface area (Å²) in [6, 6.07) is 7.28. The second kappa shape index (κ2) is 7.45. The second-order valence-corrected chi connectivity index (χ2v) is 4.83. The number of aliphatic hydroxyl groups is 1. The summed E-state index contributed by atoms with van der Waals surface area (Å²) in [5, 5.41) is 13.1. The number of nitrogens with two attached hydrogens (primary N) is 1. The molecule has 2 rings (SSSR count). The van der Waals surface area contributed by atoms with E-state index < -0.39 is 6.23 Å². The largest absolute Gasteiger partial charge is 0.399 e. The Balaban J connectivity index is 1.63. The van der Waals surface area contributed by atoms with Gasteiger partial charge in [-0.1, -0.05) is 12.1 Å². The van der Waals surface area contributed by atoms with E-state index in [9.17, 15) is 5.11 Å². The maximum atomic E-state index is 9.96.